The van der Waals surface area contributed by atoms with Crippen LogP contribution in [0.2, 0.25) is 0 Å². The lowest BCUT2D eigenvalue weighted by Gasteiger charge is -2.12. The van der Waals surface area contributed by atoms with Crippen LogP contribution in [0.3, 0.4) is 0 Å². The molecule has 0 spiro atoms. The minimum Gasteiger partial charge on any atom is -0.389 e. The van der Waals surface area contributed by atoms with E-state index in [2.05, 4.69) is 12.2 Å². The summed E-state index contributed by atoms with van der Waals surface area (Å²) in [5, 5.41) is 2.76. The Balaban J connectivity index is 2.42. The van der Waals surface area contributed by atoms with Gasteiger partial charge in [-0.15, -0.1) is 0 Å². The fourth-order valence-corrected chi connectivity index (χ4v) is 1.76. The summed E-state index contributed by atoms with van der Waals surface area (Å²) in [6.45, 7) is 4.12. The zero-order valence-corrected chi connectivity index (χ0v) is 12.1. The third kappa shape index (κ3) is 5.81. The second kappa shape index (κ2) is 7.86. The molecule has 0 saturated heterocycles. The largest absolute Gasteiger partial charge is 0.389 e. The standard InChI is InChI=1S/C14H20N2O2S/c1-3-4-10(2)18-9-13(17)16-12-7-5-11(6-8-12)14(15)19/h5-8,10H,3-4,9H2,1-2H3,(H2,15,19)(H,16,17). The predicted molar refractivity (Wildman–Crippen MR) is 81.3 cm³/mol. The van der Waals surface area contributed by atoms with Gasteiger partial charge in [-0.2, -0.15) is 0 Å². The van der Waals surface area contributed by atoms with E-state index < -0.39 is 0 Å². The van der Waals surface area contributed by atoms with Crippen molar-refractivity contribution in [2.45, 2.75) is 32.8 Å². The molecule has 1 rings (SSSR count). The van der Waals surface area contributed by atoms with Crippen molar-refractivity contribution in [3.8, 4) is 0 Å². The molecule has 0 bridgehead atoms. The lowest BCUT2D eigenvalue weighted by molar-refractivity contribution is -0.122. The van der Waals surface area contributed by atoms with Crippen molar-refractivity contribution in [1.82, 2.24) is 0 Å². The molecule has 0 heterocycles. The highest BCUT2D eigenvalue weighted by atomic mass is 32.1. The Labute approximate surface area is 119 Å². The Hall–Kier alpha value is -1.46. The molecular formula is C14H20N2O2S. The van der Waals surface area contributed by atoms with Crippen molar-refractivity contribution in [2.24, 2.45) is 5.73 Å². The first-order valence-corrected chi connectivity index (χ1v) is 6.75. The van der Waals surface area contributed by atoms with Crippen LogP contribution in [0.5, 0.6) is 0 Å². The number of carbonyl (C=O) groups excluding carboxylic acids is 1. The van der Waals surface area contributed by atoms with E-state index in [4.69, 9.17) is 22.7 Å². The molecule has 0 radical (unpaired) electrons. The normalized spacial score (nSPS) is 11.9. The Bertz CT molecular complexity index is 432. The molecule has 3 N–H and O–H groups in total. The van der Waals surface area contributed by atoms with Crippen LogP contribution in [-0.2, 0) is 9.53 Å². The average Bonchev–Trinajstić information content (AvgIpc) is 2.37. The number of rotatable bonds is 7. The second-order valence-corrected chi connectivity index (χ2v) is 4.84. The van der Waals surface area contributed by atoms with Crippen LogP contribution < -0.4 is 11.1 Å². The van der Waals surface area contributed by atoms with Crippen molar-refractivity contribution in [2.75, 3.05) is 11.9 Å². The Kier molecular flexibility index (Phi) is 6.45. The molecule has 0 aliphatic rings. The minimum atomic E-state index is -0.161. The second-order valence-electron chi connectivity index (χ2n) is 4.40. The molecule has 0 aliphatic heterocycles. The van der Waals surface area contributed by atoms with Crippen molar-refractivity contribution < 1.29 is 9.53 Å². The smallest absolute Gasteiger partial charge is 0.250 e. The summed E-state index contributed by atoms with van der Waals surface area (Å²) in [6, 6.07) is 7.08. The molecular weight excluding hydrogens is 260 g/mol. The van der Waals surface area contributed by atoms with Gasteiger partial charge in [-0.3, -0.25) is 4.79 Å². The summed E-state index contributed by atoms with van der Waals surface area (Å²) in [4.78, 5) is 12.0. The van der Waals surface area contributed by atoms with Crippen LogP contribution in [0.25, 0.3) is 0 Å². The zero-order valence-electron chi connectivity index (χ0n) is 11.3. The van der Waals surface area contributed by atoms with Crippen LogP contribution in [-0.4, -0.2) is 23.6 Å². The molecule has 104 valence electrons. The monoisotopic (exact) mass is 280 g/mol. The lowest BCUT2D eigenvalue weighted by atomic mass is 10.2. The van der Waals surface area contributed by atoms with Crippen molar-refractivity contribution in [1.29, 1.82) is 0 Å². The summed E-state index contributed by atoms with van der Waals surface area (Å²) in [6.07, 6.45) is 2.10. The maximum atomic E-state index is 11.7. The van der Waals surface area contributed by atoms with E-state index in [-0.39, 0.29) is 18.6 Å². The third-order valence-corrected chi connectivity index (χ3v) is 2.88. The van der Waals surface area contributed by atoms with Gasteiger partial charge < -0.3 is 15.8 Å². The number of nitrogens with two attached hydrogens (primary N) is 1. The van der Waals surface area contributed by atoms with Gasteiger partial charge in [-0.25, -0.2) is 0 Å². The average molecular weight is 280 g/mol. The summed E-state index contributed by atoms with van der Waals surface area (Å²) in [7, 11) is 0. The highest BCUT2D eigenvalue weighted by molar-refractivity contribution is 7.80. The molecule has 1 aromatic rings. The van der Waals surface area contributed by atoms with E-state index >= 15 is 0 Å². The molecule has 5 heteroatoms. The fourth-order valence-electron chi connectivity index (χ4n) is 1.62. The number of amides is 1. The molecule has 1 atom stereocenters. The SMILES string of the molecule is CCCC(C)OCC(=O)Nc1ccc(C(N)=S)cc1. The first-order valence-electron chi connectivity index (χ1n) is 6.34. The van der Waals surface area contributed by atoms with E-state index in [1.54, 1.807) is 24.3 Å². The summed E-state index contributed by atoms with van der Waals surface area (Å²) < 4.78 is 5.43. The van der Waals surface area contributed by atoms with E-state index in [1.165, 1.54) is 0 Å². The summed E-state index contributed by atoms with van der Waals surface area (Å²) in [5.41, 5.74) is 6.98. The van der Waals surface area contributed by atoms with Crippen molar-refractivity contribution in [3.05, 3.63) is 29.8 Å². The summed E-state index contributed by atoms with van der Waals surface area (Å²) >= 11 is 4.86. The van der Waals surface area contributed by atoms with Gasteiger partial charge in [0.05, 0.1) is 6.10 Å². The molecule has 0 fully saturated rings. The van der Waals surface area contributed by atoms with Crippen molar-refractivity contribution in [3.63, 3.8) is 0 Å². The van der Waals surface area contributed by atoms with E-state index in [1.807, 2.05) is 6.92 Å². The molecule has 0 saturated carbocycles. The van der Waals surface area contributed by atoms with Gasteiger partial charge in [-0.1, -0.05) is 25.6 Å². The number of thiocarbonyl (C=S) groups is 1. The third-order valence-electron chi connectivity index (χ3n) is 2.65. The number of carbonyl (C=O) groups is 1. The van der Waals surface area contributed by atoms with Gasteiger partial charge in [0.25, 0.3) is 0 Å². The predicted octanol–water partition coefficient (Wildman–Crippen LogP) is 2.46. The molecule has 1 aromatic carbocycles. The van der Waals surface area contributed by atoms with Crippen molar-refractivity contribution >= 4 is 28.8 Å². The minimum absolute atomic E-state index is 0.0677. The highest BCUT2D eigenvalue weighted by Crippen LogP contribution is 2.09. The quantitative estimate of drug-likeness (QED) is 0.753. The first-order chi connectivity index (χ1) is 9.02. The van der Waals surface area contributed by atoms with E-state index in [9.17, 15) is 4.79 Å². The topological polar surface area (TPSA) is 64.3 Å². The van der Waals surface area contributed by atoms with Gasteiger partial charge >= 0.3 is 0 Å². The van der Waals surface area contributed by atoms with Gasteiger partial charge in [0, 0.05) is 11.3 Å². The zero-order chi connectivity index (χ0) is 14.3. The number of anilines is 1. The van der Waals surface area contributed by atoms with E-state index in [0.717, 1.165) is 18.4 Å². The molecule has 1 amide bonds. The van der Waals surface area contributed by atoms with Crippen LogP contribution in [0.15, 0.2) is 24.3 Å². The van der Waals surface area contributed by atoms with Gasteiger partial charge in [-0.05, 0) is 37.6 Å². The number of nitrogens with one attached hydrogen (secondary N) is 1. The van der Waals surface area contributed by atoms with Crippen LogP contribution >= 0.6 is 12.2 Å². The lowest BCUT2D eigenvalue weighted by Crippen LogP contribution is -2.21. The summed E-state index contributed by atoms with van der Waals surface area (Å²) in [5.74, 6) is -0.161. The molecule has 4 nitrogen and oxygen atoms in total. The van der Waals surface area contributed by atoms with Gasteiger partial charge in [0.15, 0.2) is 0 Å². The molecule has 0 aliphatic carbocycles. The number of hydrogen-bond donors (Lipinski definition) is 2. The Morgan fingerprint density at radius 1 is 1.42 bits per heavy atom. The van der Waals surface area contributed by atoms with Gasteiger partial charge in [0.1, 0.15) is 11.6 Å². The van der Waals surface area contributed by atoms with Crippen LogP contribution in [0, 0.1) is 0 Å². The number of hydrogen-bond acceptors (Lipinski definition) is 3. The molecule has 1 unspecified atom stereocenters. The van der Waals surface area contributed by atoms with Crippen LogP contribution in [0.1, 0.15) is 32.3 Å². The molecule has 0 aromatic heterocycles. The highest BCUT2D eigenvalue weighted by Gasteiger charge is 2.06. The maximum Gasteiger partial charge on any atom is 0.250 e. The Morgan fingerprint density at radius 2 is 2.05 bits per heavy atom. The first kappa shape index (κ1) is 15.6. The van der Waals surface area contributed by atoms with E-state index in [0.29, 0.717) is 10.7 Å². The van der Waals surface area contributed by atoms with Crippen LogP contribution in [0.4, 0.5) is 5.69 Å². The maximum absolute atomic E-state index is 11.7. The fraction of sp³-hybridized carbons (Fsp3) is 0.429. The number of ether oxygens (including phenoxy) is 1. The number of benzene rings is 1. The molecule has 19 heavy (non-hydrogen) atoms. The van der Waals surface area contributed by atoms with Gasteiger partial charge in [0.2, 0.25) is 5.91 Å². The Morgan fingerprint density at radius 3 is 2.58 bits per heavy atom.